The second-order valence-electron chi connectivity index (χ2n) is 7.61. The summed E-state index contributed by atoms with van der Waals surface area (Å²) in [6, 6.07) is 8.71. The fourth-order valence-corrected chi connectivity index (χ4v) is 4.32. The van der Waals surface area contributed by atoms with E-state index < -0.39 is 5.97 Å². The maximum Gasteiger partial charge on any atom is 0.340 e. The highest BCUT2D eigenvalue weighted by atomic mass is 32.1. The Hall–Kier alpha value is -4.43. The first-order valence-corrected chi connectivity index (χ1v) is 11.7. The molecular weight excluding hydrogens is 512 g/mol. The van der Waals surface area contributed by atoms with Gasteiger partial charge in [0.2, 0.25) is 11.5 Å². The molecule has 0 spiro atoms. The Bertz CT molecular complexity index is 1410. The third-order valence-electron chi connectivity index (χ3n) is 5.71. The van der Waals surface area contributed by atoms with Gasteiger partial charge in [-0.2, -0.15) is 5.26 Å². The van der Waals surface area contributed by atoms with Gasteiger partial charge in [-0.15, -0.1) is 0 Å². The number of carbonyl (C=O) groups excluding carboxylic acids is 1. The van der Waals surface area contributed by atoms with E-state index in [9.17, 15) is 10.1 Å². The number of nitriles is 1. The van der Waals surface area contributed by atoms with Gasteiger partial charge in [-0.25, -0.2) is 4.79 Å². The first-order valence-electron chi connectivity index (χ1n) is 11.3. The van der Waals surface area contributed by atoms with Crippen molar-refractivity contribution in [1.82, 2.24) is 4.98 Å². The van der Waals surface area contributed by atoms with Crippen molar-refractivity contribution in [3.05, 3.63) is 40.0 Å². The normalized spacial score (nSPS) is 10.3. The maximum absolute atomic E-state index is 13.5. The molecule has 3 rings (SSSR count). The predicted octanol–water partition coefficient (Wildman–Crippen LogP) is 5.18. The summed E-state index contributed by atoms with van der Waals surface area (Å²) < 4.78 is 38.4. The van der Waals surface area contributed by atoms with Gasteiger partial charge in [0, 0.05) is 11.1 Å². The van der Waals surface area contributed by atoms with Crippen molar-refractivity contribution in [2.24, 2.45) is 0 Å². The lowest BCUT2D eigenvalue weighted by molar-refractivity contribution is 0.0527. The first-order chi connectivity index (χ1) is 18.3. The summed E-state index contributed by atoms with van der Waals surface area (Å²) in [5.41, 5.74) is 1.56. The molecule has 1 aromatic heterocycles. The highest BCUT2D eigenvalue weighted by molar-refractivity contribution is 7.71. The quantitative estimate of drug-likeness (QED) is 0.272. The lowest BCUT2D eigenvalue weighted by Crippen LogP contribution is -2.12. The van der Waals surface area contributed by atoms with Crippen LogP contribution in [0.25, 0.3) is 22.4 Å². The Morgan fingerprint density at radius 3 is 1.63 bits per heavy atom. The number of aromatic nitrogens is 1. The second-order valence-corrected chi connectivity index (χ2v) is 8.02. The van der Waals surface area contributed by atoms with Crippen molar-refractivity contribution in [2.75, 3.05) is 49.3 Å². The molecule has 1 heterocycles. The van der Waals surface area contributed by atoms with E-state index in [2.05, 4.69) is 11.1 Å². The molecule has 3 aromatic rings. The van der Waals surface area contributed by atoms with Crippen LogP contribution in [0.4, 0.5) is 0 Å². The van der Waals surface area contributed by atoms with Gasteiger partial charge in [0.15, 0.2) is 23.0 Å². The third-order valence-corrected chi connectivity index (χ3v) is 6.02. The van der Waals surface area contributed by atoms with Crippen LogP contribution in [0, 0.1) is 16.0 Å². The fraction of sp³-hybridized carbons (Fsp3) is 0.296. The van der Waals surface area contributed by atoms with Crippen LogP contribution in [0.3, 0.4) is 0 Å². The minimum Gasteiger partial charge on any atom is -0.493 e. The molecule has 200 valence electrons. The standard InChI is InChI=1S/C27H28N2O8S/c1-8-37-27(30)22-21(14-9-17(31-2)24(35-6)18(10-14)32-3)16(13-28)26(38)29-23(22)15-11-19(33-4)25(36-7)20(12-15)34-5/h9-12H,8H2,1-7H3,(H,29,38). The van der Waals surface area contributed by atoms with Crippen molar-refractivity contribution in [3.8, 4) is 63.0 Å². The number of H-pyrrole nitrogens is 1. The molecule has 0 bridgehead atoms. The van der Waals surface area contributed by atoms with Crippen molar-refractivity contribution >= 4 is 18.2 Å². The molecule has 0 saturated heterocycles. The SMILES string of the molecule is CCOC(=O)c1c(-c2cc(OC)c(OC)c(OC)c2)[nH]c(=S)c(C#N)c1-c1cc(OC)c(OC)c(OC)c1. The largest absolute Gasteiger partial charge is 0.493 e. The van der Waals surface area contributed by atoms with E-state index in [1.165, 1.54) is 42.7 Å². The lowest BCUT2D eigenvalue weighted by atomic mass is 9.91. The van der Waals surface area contributed by atoms with Crippen LogP contribution in [0.1, 0.15) is 22.8 Å². The first kappa shape index (κ1) is 28.1. The van der Waals surface area contributed by atoms with Crippen molar-refractivity contribution in [3.63, 3.8) is 0 Å². The van der Waals surface area contributed by atoms with Crippen LogP contribution < -0.4 is 28.4 Å². The molecule has 1 N–H and O–H groups in total. The fourth-order valence-electron chi connectivity index (χ4n) is 4.07. The molecule has 10 nitrogen and oxygen atoms in total. The molecule has 0 atom stereocenters. The zero-order valence-corrected chi connectivity index (χ0v) is 23.0. The summed E-state index contributed by atoms with van der Waals surface area (Å²) in [5, 5.41) is 10.1. The molecule has 2 aromatic carbocycles. The van der Waals surface area contributed by atoms with Crippen LogP contribution in [-0.2, 0) is 4.74 Å². The van der Waals surface area contributed by atoms with Crippen LogP contribution >= 0.6 is 12.2 Å². The number of hydrogen-bond acceptors (Lipinski definition) is 10. The lowest BCUT2D eigenvalue weighted by Gasteiger charge is -2.20. The zero-order chi connectivity index (χ0) is 28.0. The van der Waals surface area contributed by atoms with Gasteiger partial charge in [0.05, 0.1) is 66.1 Å². The molecule has 0 aliphatic heterocycles. The van der Waals surface area contributed by atoms with Gasteiger partial charge in [-0.1, -0.05) is 12.2 Å². The zero-order valence-electron chi connectivity index (χ0n) is 22.1. The molecule has 0 aliphatic carbocycles. The van der Waals surface area contributed by atoms with Gasteiger partial charge in [-0.3, -0.25) is 0 Å². The van der Waals surface area contributed by atoms with Gasteiger partial charge in [0.1, 0.15) is 10.7 Å². The number of hydrogen-bond donors (Lipinski definition) is 1. The average Bonchev–Trinajstić information content (AvgIpc) is 2.94. The highest BCUT2D eigenvalue weighted by Crippen LogP contribution is 2.46. The number of methoxy groups -OCH3 is 6. The van der Waals surface area contributed by atoms with Gasteiger partial charge in [0.25, 0.3) is 0 Å². The number of esters is 1. The second kappa shape index (κ2) is 12.2. The molecule has 0 unspecified atom stereocenters. The average molecular weight is 541 g/mol. The van der Waals surface area contributed by atoms with Gasteiger partial charge < -0.3 is 38.1 Å². The van der Waals surface area contributed by atoms with Crippen molar-refractivity contribution in [2.45, 2.75) is 6.92 Å². The smallest absolute Gasteiger partial charge is 0.340 e. The summed E-state index contributed by atoms with van der Waals surface area (Å²) in [4.78, 5) is 16.5. The van der Waals surface area contributed by atoms with Crippen molar-refractivity contribution < 1.29 is 38.0 Å². The number of nitrogens with one attached hydrogen (secondary N) is 1. The Morgan fingerprint density at radius 2 is 1.26 bits per heavy atom. The third kappa shape index (κ3) is 5.03. The Labute approximate surface area is 225 Å². The summed E-state index contributed by atoms with van der Waals surface area (Å²) in [5.74, 6) is 1.41. The molecule has 0 amide bonds. The van der Waals surface area contributed by atoms with E-state index in [-0.39, 0.29) is 33.6 Å². The van der Waals surface area contributed by atoms with Gasteiger partial charge in [-0.05, 0) is 36.8 Å². The highest BCUT2D eigenvalue weighted by Gasteiger charge is 2.28. The van der Waals surface area contributed by atoms with Crippen LogP contribution in [0.15, 0.2) is 24.3 Å². The molecule has 11 heteroatoms. The molecule has 0 aliphatic rings. The van der Waals surface area contributed by atoms with E-state index in [4.69, 9.17) is 45.4 Å². The summed E-state index contributed by atoms with van der Waals surface area (Å²) in [6.45, 7) is 1.78. The number of nitrogens with zero attached hydrogens (tertiary/aromatic N) is 1. The summed E-state index contributed by atoms with van der Waals surface area (Å²) in [6.07, 6.45) is 0. The van der Waals surface area contributed by atoms with Crippen molar-refractivity contribution in [1.29, 1.82) is 5.26 Å². The van der Waals surface area contributed by atoms with E-state index in [0.717, 1.165) is 0 Å². The number of carbonyl (C=O) groups is 1. The number of benzene rings is 2. The summed E-state index contributed by atoms with van der Waals surface area (Å²) >= 11 is 5.57. The molecule has 38 heavy (non-hydrogen) atoms. The van der Waals surface area contributed by atoms with E-state index in [1.807, 2.05) is 0 Å². The van der Waals surface area contributed by atoms with Crippen LogP contribution in [-0.4, -0.2) is 60.2 Å². The minimum absolute atomic E-state index is 0.0634. The number of pyridine rings is 1. The number of aromatic amines is 1. The number of rotatable bonds is 10. The molecule has 0 saturated carbocycles. The van der Waals surface area contributed by atoms with E-state index >= 15 is 0 Å². The monoisotopic (exact) mass is 540 g/mol. The van der Waals surface area contributed by atoms with E-state index in [0.29, 0.717) is 45.6 Å². The minimum atomic E-state index is -0.678. The maximum atomic E-state index is 13.5. The molecule has 0 fully saturated rings. The van der Waals surface area contributed by atoms with E-state index in [1.54, 1.807) is 31.2 Å². The Kier molecular flexibility index (Phi) is 9.04. The summed E-state index contributed by atoms with van der Waals surface area (Å²) in [7, 11) is 8.87. The molecule has 0 radical (unpaired) electrons. The van der Waals surface area contributed by atoms with Crippen LogP contribution in [0.2, 0.25) is 0 Å². The number of ether oxygens (including phenoxy) is 7. The Morgan fingerprint density at radius 1 is 0.816 bits per heavy atom. The topological polar surface area (TPSA) is 121 Å². The predicted molar refractivity (Wildman–Crippen MR) is 142 cm³/mol. The molecular formula is C27H28N2O8S. The Balaban J connectivity index is 2.55. The van der Waals surface area contributed by atoms with Gasteiger partial charge >= 0.3 is 5.97 Å². The van der Waals surface area contributed by atoms with Crippen LogP contribution in [0.5, 0.6) is 34.5 Å².